The highest BCUT2D eigenvalue weighted by Crippen LogP contribution is 2.34. The van der Waals surface area contributed by atoms with E-state index in [0.717, 1.165) is 38.0 Å². The summed E-state index contributed by atoms with van der Waals surface area (Å²) in [6.45, 7) is 5.07. The molecule has 2 heterocycles. The van der Waals surface area contributed by atoms with Crippen LogP contribution >= 0.6 is 23.7 Å². The molecule has 0 fully saturated rings. The quantitative estimate of drug-likeness (QED) is 0.841. The zero-order valence-electron chi connectivity index (χ0n) is 13.8. The van der Waals surface area contributed by atoms with Crippen LogP contribution in [0.2, 0.25) is 0 Å². The highest BCUT2D eigenvalue weighted by molar-refractivity contribution is 7.16. The predicted molar refractivity (Wildman–Crippen MR) is 101 cm³/mol. The normalized spacial score (nSPS) is 14.4. The van der Waals surface area contributed by atoms with Crippen molar-refractivity contribution in [3.63, 3.8) is 0 Å². The van der Waals surface area contributed by atoms with Crippen LogP contribution in [0.1, 0.15) is 33.3 Å². The Balaban J connectivity index is 0.00000208. The lowest BCUT2D eigenvalue weighted by Crippen LogP contribution is -2.26. The summed E-state index contributed by atoms with van der Waals surface area (Å²) in [6.07, 6.45) is 1.79. The number of hydrogen-bond donors (Lipinski definition) is 1. The molecule has 2 N–H and O–H groups in total. The van der Waals surface area contributed by atoms with Crippen LogP contribution < -0.4 is 5.73 Å². The summed E-state index contributed by atoms with van der Waals surface area (Å²) in [5.41, 5.74) is 9.09. The van der Waals surface area contributed by atoms with Gasteiger partial charge in [0.25, 0.3) is 0 Å². The second kappa shape index (κ2) is 8.51. The van der Waals surface area contributed by atoms with E-state index in [0.29, 0.717) is 17.2 Å². The van der Waals surface area contributed by atoms with Gasteiger partial charge in [0.15, 0.2) is 0 Å². The average Bonchev–Trinajstić information content (AvgIpc) is 2.75. The number of esters is 1. The Kier molecular flexibility index (Phi) is 6.66. The minimum absolute atomic E-state index is 0. The summed E-state index contributed by atoms with van der Waals surface area (Å²) in [6, 6.07) is 10.5. The molecule has 0 spiro atoms. The van der Waals surface area contributed by atoms with E-state index in [-0.39, 0.29) is 18.4 Å². The number of nitrogens with two attached hydrogens (primary N) is 1. The molecule has 1 aliphatic heterocycles. The molecular weight excluding hydrogens is 344 g/mol. The molecule has 24 heavy (non-hydrogen) atoms. The number of carbonyl (C=O) groups excluding carboxylic acids is 1. The Labute approximate surface area is 153 Å². The molecule has 0 bridgehead atoms. The maximum atomic E-state index is 12.2. The van der Waals surface area contributed by atoms with Crippen LogP contribution in [0.4, 0.5) is 5.00 Å². The number of rotatable bonds is 4. The van der Waals surface area contributed by atoms with Crippen LogP contribution in [0.25, 0.3) is 0 Å². The number of anilines is 1. The van der Waals surface area contributed by atoms with Gasteiger partial charge in [-0.1, -0.05) is 30.3 Å². The third-order valence-electron chi connectivity index (χ3n) is 4.18. The maximum Gasteiger partial charge on any atom is 0.341 e. The third kappa shape index (κ3) is 4.09. The highest BCUT2D eigenvalue weighted by atomic mass is 35.5. The second-order valence-corrected chi connectivity index (χ2v) is 6.86. The summed E-state index contributed by atoms with van der Waals surface area (Å²) in [4.78, 5) is 15.8. The Hall–Kier alpha value is -1.56. The van der Waals surface area contributed by atoms with E-state index in [4.69, 9.17) is 10.5 Å². The first-order chi connectivity index (χ1) is 11.2. The number of halogens is 1. The van der Waals surface area contributed by atoms with E-state index in [2.05, 4.69) is 29.2 Å². The molecular formula is C18H23ClN2O2S. The number of carbonyl (C=O) groups is 1. The van der Waals surface area contributed by atoms with Crippen LogP contribution in [-0.4, -0.2) is 30.6 Å². The van der Waals surface area contributed by atoms with Crippen LogP contribution in [0.5, 0.6) is 0 Å². The Morgan fingerprint density at radius 3 is 2.67 bits per heavy atom. The summed E-state index contributed by atoms with van der Waals surface area (Å²) in [7, 11) is 0. The van der Waals surface area contributed by atoms with Gasteiger partial charge < -0.3 is 10.5 Å². The highest BCUT2D eigenvalue weighted by Gasteiger charge is 2.25. The molecule has 6 heteroatoms. The standard InChI is InChI=1S/C18H22N2O2S.ClH/c1-2-22-18(21)16-14-8-10-20(11-9-15(14)23-17(16)19)12-13-6-4-3-5-7-13;/h3-7H,2,8-12,19H2,1H3;1H. The summed E-state index contributed by atoms with van der Waals surface area (Å²) in [5.74, 6) is -0.279. The molecule has 0 saturated carbocycles. The smallest absolute Gasteiger partial charge is 0.341 e. The van der Waals surface area contributed by atoms with Crippen molar-refractivity contribution >= 4 is 34.7 Å². The fourth-order valence-electron chi connectivity index (χ4n) is 3.07. The van der Waals surface area contributed by atoms with E-state index >= 15 is 0 Å². The van der Waals surface area contributed by atoms with Gasteiger partial charge in [-0.25, -0.2) is 4.79 Å². The van der Waals surface area contributed by atoms with Gasteiger partial charge in [-0.2, -0.15) is 0 Å². The minimum Gasteiger partial charge on any atom is -0.462 e. The van der Waals surface area contributed by atoms with E-state index in [1.807, 2.05) is 13.0 Å². The first kappa shape index (κ1) is 18.8. The molecule has 1 aromatic heterocycles. The molecule has 1 aromatic carbocycles. The summed E-state index contributed by atoms with van der Waals surface area (Å²) < 4.78 is 5.17. The molecule has 0 amide bonds. The summed E-state index contributed by atoms with van der Waals surface area (Å²) in [5, 5.41) is 0.602. The van der Waals surface area contributed by atoms with Gasteiger partial charge in [-0.3, -0.25) is 4.90 Å². The lowest BCUT2D eigenvalue weighted by Gasteiger charge is -2.19. The van der Waals surface area contributed by atoms with Gasteiger partial charge in [0.05, 0.1) is 12.2 Å². The summed E-state index contributed by atoms with van der Waals surface area (Å²) >= 11 is 1.54. The molecule has 0 unspecified atom stereocenters. The molecule has 0 saturated heterocycles. The van der Waals surface area contributed by atoms with Crippen LogP contribution in [0.15, 0.2) is 30.3 Å². The first-order valence-electron chi connectivity index (χ1n) is 8.02. The molecule has 3 rings (SSSR count). The van der Waals surface area contributed by atoms with Crippen molar-refractivity contribution in [2.75, 3.05) is 25.4 Å². The molecule has 1 aliphatic rings. The van der Waals surface area contributed by atoms with Crippen molar-refractivity contribution in [2.45, 2.75) is 26.3 Å². The molecule has 2 aromatic rings. The number of nitrogens with zero attached hydrogens (tertiary/aromatic N) is 1. The van der Waals surface area contributed by atoms with Gasteiger partial charge in [-0.15, -0.1) is 23.7 Å². The van der Waals surface area contributed by atoms with Crippen molar-refractivity contribution in [3.8, 4) is 0 Å². The van der Waals surface area contributed by atoms with Crippen LogP contribution in [-0.2, 0) is 24.1 Å². The monoisotopic (exact) mass is 366 g/mol. The maximum absolute atomic E-state index is 12.2. The molecule has 130 valence electrons. The second-order valence-electron chi connectivity index (χ2n) is 5.73. The average molecular weight is 367 g/mol. The number of hydrogen-bond acceptors (Lipinski definition) is 5. The minimum atomic E-state index is -0.279. The number of nitrogen functional groups attached to an aromatic ring is 1. The van der Waals surface area contributed by atoms with Gasteiger partial charge in [-0.05, 0) is 30.9 Å². The lowest BCUT2D eigenvalue weighted by molar-refractivity contribution is 0.0527. The van der Waals surface area contributed by atoms with Crippen molar-refractivity contribution in [2.24, 2.45) is 0 Å². The largest absolute Gasteiger partial charge is 0.462 e. The van der Waals surface area contributed by atoms with Crippen molar-refractivity contribution in [3.05, 3.63) is 51.9 Å². The number of ether oxygens (including phenoxy) is 1. The van der Waals surface area contributed by atoms with E-state index < -0.39 is 0 Å². The number of thiophene rings is 1. The number of benzene rings is 1. The van der Waals surface area contributed by atoms with E-state index in [1.165, 1.54) is 10.4 Å². The Bertz CT molecular complexity index is 688. The molecule has 4 nitrogen and oxygen atoms in total. The first-order valence-corrected chi connectivity index (χ1v) is 8.84. The van der Waals surface area contributed by atoms with Gasteiger partial charge >= 0.3 is 5.97 Å². The SMILES string of the molecule is CCOC(=O)c1c(N)sc2c1CCN(Cc1ccccc1)CC2.Cl. The third-order valence-corrected chi connectivity index (χ3v) is 5.30. The van der Waals surface area contributed by atoms with Crippen LogP contribution in [0, 0.1) is 0 Å². The Morgan fingerprint density at radius 1 is 1.25 bits per heavy atom. The van der Waals surface area contributed by atoms with Crippen molar-refractivity contribution in [1.82, 2.24) is 4.90 Å². The molecule has 0 aliphatic carbocycles. The van der Waals surface area contributed by atoms with Crippen molar-refractivity contribution < 1.29 is 9.53 Å². The fraction of sp³-hybridized carbons (Fsp3) is 0.389. The molecule has 0 radical (unpaired) electrons. The fourth-order valence-corrected chi connectivity index (χ4v) is 4.16. The lowest BCUT2D eigenvalue weighted by atomic mass is 10.1. The predicted octanol–water partition coefficient (Wildman–Crippen LogP) is 3.53. The zero-order chi connectivity index (χ0) is 16.2. The number of fused-ring (bicyclic) bond motifs is 1. The van der Waals surface area contributed by atoms with E-state index in [1.54, 1.807) is 11.3 Å². The topological polar surface area (TPSA) is 55.6 Å². The Morgan fingerprint density at radius 2 is 1.96 bits per heavy atom. The van der Waals surface area contributed by atoms with E-state index in [9.17, 15) is 4.79 Å². The van der Waals surface area contributed by atoms with Gasteiger partial charge in [0.2, 0.25) is 0 Å². The zero-order valence-corrected chi connectivity index (χ0v) is 15.4. The van der Waals surface area contributed by atoms with Gasteiger partial charge in [0, 0.05) is 24.5 Å². The van der Waals surface area contributed by atoms with Crippen LogP contribution in [0.3, 0.4) is 0 Å². The molecule has 0 atom stereocenters. The van der Waals surface area contributed by atoms with Crippen molar-refractivity contribution in [1.29, 1.82) is 0 Å². The van der Waals surface area contributed by atoms with Gasteiger partial charge in [0.1, 0.15) is 5.00 Å².